The van der Waals surface area contributed by atoms with E-state index in [-0.39, 0.29) is 36.6 Å². The molecular weight excluding hydrogens is 374 g/mol. The molecule has 8 heteroatoms. The van der Waals surface area contributed by atoms with E-state index in [4.69, 9.17) is 10.5 Å². The van der Waals surface area contributed by atoms with Gasteiger partial charge < -0.3 is 15.8 Å². The fraction of sp³-hybridized carbons (Fsp3) is 0.389. The Labute approximate surface area is 163 Å². The van der Waals surface area contributed by atoms with Crippen molar-refractivity contribution in [1.29, 1.82) is 0 Å². The molecule has 0 radical (unpaired) electrons. The smallest absolute Gasteiger partial charge is 0.310 e. The number of rotatable bonds is 7. The molecule has 6 nitrogen and oxygen atoms in total. The van der Waals surface area contributed by atoms with Gasteiger partial charge in [-0.2, -0.15) is 0 Å². The van der Waals surface area contributed by atoms with Crippen molar-refractivity contribution in [3.05, 3.63) is 35.2 Å². The molecule has 1 heterocycles. The lowest BCUT2D eigenvalue weighted by Crippen LogP contribution is -2.40. The summed E-state index contributed by atoms with van der Waals surface area (Å²) in [6.07, 6.45) is 0.918. The van der Waals surface area contributed by atoms with Crippen molar-refractivity contribution < 1.29 is 14.3 Å². The number of nitrogens with zero attached hydrogens (tertiary/aromatic N) is 1. The molecule has 3 N–H and O–H groups in total. The van der Waals surface area contributed by atoms with Gasteiger partial charge in [0, 0.05) is 10.4 Å². The molecule has 0 aliphatic rings. The van der Waals surface area contributed by atoms with Crippen LogP contribution in [0.2, 0.25) is 0 Å². The highest BCUT2D eigenvalue weighted by Gasteiger charge is 2.22. The first-order valence-corrected chi connectivity index (χ1v) is 8.96. The van der Waals surface area contributed by atoms with Gasteiger partial charge in [0.2, 0.25) is 5.91 Å². The van der Waals surface area contributed by atoms with Gasteiger partial charge in [0.25, 0.3) is 0 Å². The van der Waals surface area contributed by atoms with Gasteiger partial charge in [-0.3, -0.25) is 9.59 Å². The topological polar surface area (TPSA) is 94.3 Å². The number of hydrogen-bond acceptors (Lipinski definition) is 6. The number of methoxy groups -OCH3 is 1. The van der Waals surface area contributed by atoms with Crippen LogP contribution < -0.4 is 11.1 Å². The van der Waals surface area contributed by atoms with Crippen molar-refractivity contribution >= 4 is 40.8 Å². The van der Waals surface area contributed by atoms with Crippen molar-refractivity contribution in [2.24, 2.45) is 11.7 Å². The molecule has 2 atom stereocenters. The van der Waals surface area contributed by atoms with E-state index >= 15 is 0 Å². The summed E-state index contributed by atoms with van der Waals surface area (Å²) in [5.41, 5.74) is 7.52. The maximum absolute atomic E-state index is 12.3. The van der Waals surface area contributed by atoms with Gasteiger partial charge in [-0.25, -0.2) is 4.98 Å². The Kier molecular flexibility index (Phi) is 8.71. The van der Waals surface area contributed by atoms with Crippen LogP contribution in [0.4, 0.5) is 5.13 Å². The van der Waals surface area contributed by atoms with E-state index in [1.165, 1.54) is 18.4 Å². The predicted octanol–water partition coefficient (Wildman–Crippen LogP) is 3.26. The van der Waals surface area contributed by atoms with Gasteiger partial charge in [0.15, 0.2) is 5.13 Å². The van der Waals surface area contributed by atoms with Crippen molar-refractivity contribution in [3.63, 3.8) is 0 Å². The Balaban J connectivity index is 0.00000338. The average Bonchev–Trinajstić information content (AvgIpc) is 3.02. The van der Waals surface area contributed by atoms with E-state index in [2.05, 4.69) is 10.3 Å². The van der Waals surface area contributed by atoms with Crippen LogP contribution in [0.1, 0.15) is 25.1 Å². The van der Waals surface area contributed by atoms with Crippen LogP contribution >= 0.6 is 23.7 Å². The molecule has 0 saturated carbocycles. The zero-order valence-corrected chi connectivity index (χ0v) is 16.7. The normalized spacial score (nSPS) is 12.6. The summed E-state index contributed by atoms with van der Waals surface area (Å²) < 4.78 is 4.75. The lowest BCUT2D eigenvalue weighted by Gasteiger charge is -2.16. The van der Waals surface area contributed by atoms with Gasteiger partial charge in [0.05, 0.1) is 25.3 Å². The van der Waals surface area contributed by atoms with Crippen molar-refractivity contribution in [3.8, 4) is 11.3 Å². The number of hydrogen-bond donors (Lipinski definition) is 2. The van der Waals surface area contributed by atoms with Crippen molar-refractivity contribution in [2.45, 2.75) is 32.7 Å². The second kappa shape index (κ2) is 10.3. The summed E-state index contributed by atoms with van der Waals surface area (Å²) in [4.78, 5) is 29.2. The van der Waals surface area contributed by atoms with E-state index in [9.17, 15) is 9.59 Å². The number of esters is 1. The molecule has 1 amide bonds. The van der Waals surface area contributed by atoms with Gasteiger partial charge in [-0.15, -0.1) is 23.7 Å². The molecule has 142 valence electrons. The highest BCUT2D eigenvalue weighted by atomic mass is 35.5. The third-order valence-electron chi connectivity index (χ3n) is 4.07. The van der Waals surface area contributed by atoms with E-state index in [1.54, 1.807) is 0 Å². The van der Waals surface area contributed by atoms with Crippen LogP contribution in [-0.2, 0) is 20.7 Å². The Morgan fingerprint density at radius 1 is 1.31 bits per heavy atom. The molecular formula is C18H24ClN3O3S. The van der Waals surface area contributed by atoms with E-state index in [1.807, 2.05) is 44.2 Å². The first kappa shape index (κ1) is 22.1. The van der Waals surface area contributed by atoms with Crippen LogP contribution in [0.3, 0.4) is 0 Å². The van der Waals surface area contributed by atoms with Gasteiger partial charge in [0.1, 0.15) is 0 Å². The summed E-state index contributed by atoms with van der Waals surface area (Å²) in [6, 6.07) is 8.92. The molecule has 2 rings (SSSR count). The minimum atomic E-state index is -0.599. The average molecular weight is 398 g/mol. The Bertz CT molecular complexity index is 737. The van der Waals surface area contributed by atoms with E-state index < -0.39 is 6.04 Å². The maximum Gasteiger partial charge on any atom is 0.310 e. The van der Waals surface area contributed by atoms with Gasteiger partial charge in [-0.05, 0) is 5.92 Å². The second-order valence-electron chi connectivity index (χ2n) is 5.81. The SMILES string of the molecule is CCC(C)C(N)C(=O)Nc1nc(-c2ccccc2)c(CC(=O)OC)s1.Cl. The van der Waals surface area contributed by atoms with Crippen molar-refractivity contribution in [2.75, 3.05) is 12.4 Å². The Hall–Kier alpha value is -1.96. The molecule has 1 aromatic heterocycles. The minimum absolute atomic E-state index is 0. The molecule has 1 aromatic carbocycles. The predicted molar refractivity (Wildman–Crippen MR) is 107 cm³/mol. The molecule has 0 saturated heterocycles. The summed E-state index contributed by atoms with van der Waals surface area (Å²) in [7, 11) is 1.35. The quantitative estimate of drug-likeness (QED) is 0.699. The number of aromatic nitrogens is 1. The van der Waals surface area contributed by atoms with Crippen molar-refractivity contribution in [1.82, 2.24) is 4.98 Å². The first-order valence-electron chi connectivity index (χ1n) is 8.14. The largest absolute Gasteiger partial charge is 0.469 e. The van der Waals surface area contributed by atoms with Gasteiger partial charge >= 0.3 is 5.97 Å². The second-order valence-corrected chi connectivity index (χ2v) is 6.89. The first-order chi connectivity index (χ1) is 12.0. The summed E-state index contributed by atoms with van der Waals surface area (Å²) >= 11 is 1.26. The number of thiazole rings is 1. The number of nitrogens with two attached hydrogens (primary N) is 1. The lowest BCUT2D eigenvalue weighted by molar-refractivity contribution is -0.139. The molecule has 2 unspecified atom stereocenters. The Morgan fingerprint density at radius 2 is 1.96 bits per heavy atom. The zero-order valence-electron chi connectivity index (χ0n) is 15.0. The number of nitrogens with one attached hydrogen (secondary N) is 1. The number of ether oxygens (including phenoxy) is 1. The Morgan fingerprint density at radius 3 is 2.54 bits per heavy atom. The molecule has 0 bridgehead atoms. The number of carbonyl (C=O) groups is 2. The van der Waals surface area contributed by atoms with Gasteiger partial charge in [-0.1, -0.05) is 50.6 Å². The third kappa shape index (κ3) is 5.52. The number of carbonyl (C=O) groups excluding carboxylic acids is 2. The summed E-state index contributed by atoms with van der Waals surface area (Å²) in [5, 5.41) is 3.20. The van der Waals surface area contributed by atoms with E-state index in [0.29, 0.717) is 10.8 Å². The fourth-order valence-electron chi connectivity index (χ4n) is 2.25. The highest BCUT2D eigenvalue weighted by Crippen LogP contribution is 2.32. The minimum Gasteiger partial charge on any atom is -0.469 e. The molecule has 26 heavy (non-hydrogen) atoms. The zero-order chi connectivity index (χ0) is 18.4. The molecule has 0 aliphatic heterocycles. The fourth-order valence-corrected chi connectivity index (χ4v) is 3.22. The standard InChI is InChI=1S/C18H23N3O3S.ClH/c1-4-11(2)15(19)17(23)21-18-20-16(12-8-6-5-7-9-12)13(25-18)10-14(22)24-3;/h5-9,11,15H,4,10,19H2,1-3H3,(H,20,21,23);1H. The van der Waals surface area contributed by atoms with Crippen LogP contribution in [0.25, 0.3) is 11.3 Å². The third-order valence-corrected chi connectivity index (χ3v) is 5.04. The van der Waals surface area contributed by atoms with Crippen LogP contribution in [0, 0.1) is 5.92 Å². The summed E-state index contributed by atoms with van der Waals surface area (Å²) in [6.45, 7) is 3.92. The van der Waals surface area contributed by atoms with Crippen LogP contribution in [-0.4, -0.2) is 30.0 Å². The van der Waals surface area contributed by atoms with E-state index in [0.717, 1.165) is 16.9 Å². The number of amides is 1. The summed E-state index contributed by atoms with van der Waals surface area (Å²) in [5.74, 6) is -0.551. The molecule has 0 spiro atoms. The van der Waals surface area contributed by atoms with Crippen LogP contribution in [0.5, 0.6) is 0 Å². The lowest BCUT2D eigenvalue weighted by atomic mass is 10.00. The molecule has 0 fully saturated rings. The molecule has 0 aliphatic carbocycles. The van der Waals surface area contributed by atoms with Crippen LogP contribution in [0.15, 0.2) is 30.3 Å². The number of benzene rings is 1. The number of halogens is 1. The highest BCUT2D eigenvalue weighted by molar-refractivity contribution is 7.16. The number of anilines is 1. The monoisotopic (exact) mass is 397 g/mol. The molecule has 2 aromatic rings. The maximum atomic E-state index is 12.3.